The maximum Gasteiger partial charge on any atom is 0.253 e. The summed E-state index contributed by atoms with van der Waals surface area (Å²) < 4.78 is 11.4. The number of nitrogens with zero attached hydrogens (tertiary/aromatic N) is 1. The zero-order chi connectivity index (χ0) is 24.9. The normalized spacial score (nSPS) is 12.4. The fraction of sp³-hybridized carbons (Fsp3) is 0.241. The number of aryl methyl sites for hydroxylation is 1. The van der Waals surface area contributed by atoms with Gasteiger partial charge in [0.2, 0.25) is 0 Å². The van der Waals surface area contributed by atoms with E-state index in [0.717, 1.165) is 22.9 Å². The summed E-state index contributed by atoms with van der Waals surface area (Å²) in [6.45, 7) is 4.84. The van der Waals surface area contributed by atoms with Crippen molar-refractivity contribution in [3.63, 3.8) is 0 Å². The molecule has 1 aromatic heterocycles. The van der Waals surface area contributed by atoms with Crippen molar-refractivity contribution < 1.29 is 9.47 Å². The standard InChI is InChI=1S/C29H29N3O3S/c1-20-7-5-6-10-22(20)11-12-32(29(36)30-18-21-8-3-2-4-9-21)19-24-15-23-16-26-27(35-14-13-34-26)17-25(23)31-28(24)33/h2-10,15-17H,11-14,18-19H2,1H3,(H,30,36)(H,31,33). The smallest absolute Gasteiger partial charge is 0.253 e. The molecule has 4 aromatic rings. The lowest BCUT2D eigenvalue weighted by Crippen LogP contribution is -2.41. The monoisotopic (exact) mass is 499 g/mol. The summed E-state index contributed by atoms with van der Waals surface area (Å²) in [4.78, 5) is 18.1. The largest absolute Gasteiger partial charge is 0.486 e. The van der Waals surface area contributed by atoms with Crippen molar-refractivity contribution in [2.45, 2.75) is 26.4 Å². The first kappa shape index (κ1) is 23.9. The van der Waals surface area contributed by atoms with Crippen LogP contribution in [0, 0.1) is 6.92 Å². The molecule has 36 heavy (non-hydrogen) atoms. The van der Waals surface area contributed by atoms with Gasteiger partial charge >= 0.3 is 0 Å². The van der Waals surface area contributed by atoms with Gasteiger partial charge in [-0.1, -0.05) is 54.6 Å². The summed E-state index contributed by atoms with van der Waals surface area (Å²) >= 11 is 5.81. The van der Waals surface area contributed by atoms with Crippen molar-refractivity contribution in [3.8, 4) is 11.5 Å². The Labute approximate surface area is 215 Å². The van der Waals surface area contributed by atoms with Gasteiger partial charge in [0.25, 0.3) is 5.56 Å². The third-order valence-electron chi connectivity index (χ3n) is 6.43. The Morgan fingerprint density at radius 1 is 0.972 bits per heavy atom. The van der Waals surface area contributed by atoms with E-state index < -0.39 is 0 Å². The minimum atomic E-state index is -0.133. The number of hydrogen-bond acceptors (Lipinski definition) is 4. The molecule has 184 valence electrons. The van der Waals surface area contributed by atoms with Gasteiger partial charge in [0.15, 0.2) is 16.6 Å². The number of ether oxygens (including phenoxy) is 2. The molecule has 0 spiro atoms. The number of nitrogens with one attached hydrogen (secondary N) is 2. The number of hydrogen-bond donors (Lipinski definition) is 2. The molecular formula is C29H29N3O3S. The molecule has 0 radical (unpaired) electrons. The van der Waals surface area contributed by atoms with Crippen LogP contribution in [0.25, 0.3) is 10.9 Å². The van der Waals surface area contributed by atoms with Crippen LogP contribution in [0.15, 0.2) is 77.6 Å². The van der Waals surface area contributed by atoms with Crippen molar-refractivity contribution >= 4 is 28.2 Å². The van der Waals surface area contributed by atoms with E-state index in [1.54, 1.807) is 0 Å². The molecule has 0 saturated carbocycles. The van der Waals surface area contributed by atoms with Crippen LogP contribution in [0.4, 0.5) is 0 Å². The lowest BCUT2D eigenvalue weighted by Gasteiger charge is -2.26. The Morgan fingerprint density at radius 2 is 1.69 bits per heavy atom. The van der Waals surface area contributed by atoms with Crippen LogP contribution >= 0.6 is 12.2 Å². The number of fused-ring (bicyclic) bond motifs is 2. The predicted octanol–water partition coefficient (Wildman–Crippen LogP) is 4.73. The highest BCUT2D eigenvalue weighted by molar-refractivity contribution is 7.80. The highest BCUT2D eigenvalue weighted by Gasteiger charge is 2.17. The molecule has 2 N–H and O–H groups in total. The molecule has 3 aromatic carbocycles. The van der Waals surface area contributed by atoms with Gasteiger partial charge in [-0.3, -0.25) is 4.79 Å². The Kier molecular flexibility index (Phi) is 7.18. The van der Waals surface area contributed by atoms with E-state index in [1.807, 2.05) is 42.5 Å². The van der Waals surface area contributed by atoms with Crippen LogP contribution in [0.2, 0.25) is 0 Å². The van der Waals surface area contributed by atoms with Crippen LogP contribution in [0.3, 0.4) is 0 Å². The molecule has 0 unspecified atom stereocenters. The Morgan fingerprint density at radius 3 is 2.47 bits per heavy atom. The maximum absolute atomic E-state index is 13.0. The van der Waals surface area contributed by atoms with Gasteiger partial charge in [-0.15, -0.1) is 0 Å². The van der Waals surface area contributed by atoms with Gasteiger partial charge in [0.1, 0.15) is 13.2 Å². The molecule has 0 aliphatic carbocycles. The molecule has 7 heteroatoms. The second kappa shape index (κ2) is 10.8. The van der Waals surface area contributed by atoms with Gasteiger partial charge < -0.3 is 24.7 Å². The van der Waals surface area contributed by atoms with Crippen LogP contribution in [-0.4, -0.2) is 34.8 Å². The third-order valence-corrected chi connectivity index (χ3v) is 6.83. The molecule has 1 aliphatic rings. The van der Waals surface area contributed by atoms with Gasteiger partial charge in [-0.05, 0) is 54.4 Å². The summed E-state index contributed by atoms with van der Waals surface area (Å²) in [5, 5.41) is 4.89. The highest BCUT2D eigenvalue weighted by Crippen LogP contribution is 2.33. The predicted molar refractivity (Wildman–Crippen MR) is 147 cm³/mol. The van der Waals surface area contributed by atoms with E-state index in [1.165, 1.54) is 11.1 Å². The molecule has 5 rings (SSSR count). The maximum atomic E-state index is 13.0. The average Bonchev–Trinajstić information content (AvgIpc) is 2.90. The number of benzene rings is 3. The number of aromatic nitrogens is 1. The Bertz CT molecular complexity index is 1440. The number of rotatable bonds is 7. The zero-order valence-corrected chi connectivity index (χ0v) is 21.1. The molecule has 2 heterocycles. The van der Waals surface area contributed by atoms with Gasteiger partial charge in [0.05, 0.1) is 12.1 Å². The SMILES string of the molecule is Cc1ccccc1CCN(Cc1cc2cc3c(cc2[nH]c1=O)OCCO3)C(=S)NCc1ccccc1. The molecule has 0 bridgehead atoms. The Hall–Kier alpha value is -3.84. The van der Waals surface area contributed by atoms with Crippen LogP contribution in [0.5, 0.6) is 11.5 Å². The molecule has 0 atom stereocenters. The van der Waals surface area contributed by atoms with E-state index >= 15 is 0 Å². The fourth-order valence-electron chi connectivity index (χ4n) is 4.39. The van der Waals surface area contributed by atoms with Crippen molar-refractivity contribution in [2.75, 3.05) is 19.8 Å². The van der Waals surface area contributed by atoms with E-state index in [-0.39, 0.29) is 5.56 Å². The van der Waals surface area contributed by atoms with Gasteiger partial charge in [0, 0.05) is 30.1 Å². The minimum Gasteiger partial charge on any atom is -0.486 e. The van der Waals surface area contributed by atoms with Crippen LogP contribution in [-0.2, 0) is 19.5 Å². The van der Waals surface area contributed by atoms with E-state index in [9.17, 15) is 4.79 Å². The second-order valence-corrected chi connectivity index (χ2v) is 9.34. The first-order valence-corrected chi connectivity index (χ1v) is 12.5. The van der Waals surface area contributed by atoms with Crippen molar-refractivity contribution in [1.82, 2.24) is 15.2 Å². The summed E-state index contributed by atoms with van der Waals surface area (Å²) in [6.07, 6.45) is 0.823. The summed E-state index contributed by atoms with van der Waals surface area (Å²) in [5.74, 6) is 1.35. The van der Waals surface area contributed by atoms with Crippen molar-refractivity contribution in [1.29, 1.82) is 0 Å². The zero-order valence-electron chi connectivity index (χ0n) is 20.3. The molecule has 0 amide bonds. The summed E-state index contributed by atoms with van der Waals surface area (Å²) in [5.41, 5.74) is 4.90. The van der Waals surface area contributed by atoms with Crippen LogP contribution in [0.1, 0.15) is 22.3 Å². The van der Waals surface area contributed by atoms with Gasteiger partial charge in [-0.2, -0.15) is 0 Å². The van der Waals surface area contributed by atoms with E-state index in [0.29, 0.717) is 55.0 Å². The fourth-order valence-corrected chi connectivity index (χ4v) is 4.62. The quantitative estimate of drug-likeness (QED) is 0.359. The first-order valence-electron chi connectivity index (χ1n) is 12.1. The molecular weight excluding hydrogens is 470 g/mol. The summed E-state index contributed by atoms with van der Waals surface area (Å²) in [7, 11) is 0. The van der Waals surface area contributed by atoms with Crippen LogP contribution < -0.4 is 20.3 Å². The topological polar surface area (TPSA) is 66.6 Å². The molecule has 6 nitrogen and oxygen atoms in total. The second-order valence-electron chi connectivity index (χ2n) is 8.95. The van der Waals surface area contributed by atoms with E-state index in [4.69, 9.17) is 21.7 Å². The minimum absolute atomic E-state index is 0.133. The molecule has 0 fully saturated rings. The number of pyridine rings is 1. The lowest BCUT2D eigenvalue weighted by molar-refractivity contribution is 0.172. The third kappa shape index (κ3) is 5.52. The number of H-pyrrole nitrogens is 1. The highest BCUT2D eigenvalue weighted by atomic mass is 32.1. The average molecular weight is 500 g/mol. The Balaban J connectivity index is 1.39. The van der Waals surface area contributed by atoms with E-state index in [2.05, 4.69) is 52.5 Å². The molecule has 0 saturated heterocycles. The lowest BCUT2D eigenvalue weighted by atomic mass is 10.1. The number of thiocarbonyl (C=S) groups is 1. The van der Waals surface area contributed by atoms with Crippen molar-refractivity contribution in [3.05, 3.63) is 105 Å². The summed E-state index contributed by atoms with van der Waals surface area (Å²) in [6, 6.07) is 24.2. The van der Waals surface area contributed by atoms with Crippen molar-refractivity contribution in [2.24, 2.45) is 0 Å². The van der Waals surface area contributed by atoms with Gasteiger partial charge in [-0.25, -0.2) is 0 Å². The molecule has 1 aliphatic heterocycles. The first-order chi connectivity index (χ1) is 17.6. The number of aromatic amines is 1.